The highest BCUT2D eigenvalue weighted by molar-refractivity contribution is 14.0. The Bertz CT molecular complexity index is 1010. The summed E-state index contributed by atoms with van der Waals surface area (Å²) in [6, 6.07) is 0. The largest absolute Gasteiger partial charge is 0.369 e. The maximum atomic E-state index is 12.5. The Kier molecular flexibility index (Phi) is 15.4. The van der Waals surface area contributed by atoms with Crippen LogP contribution in [0.15, 0.2) is 0 Å². The third-order valence-corrected chi connectivity index (χ3v) is 7.06. The zero-order valence-electron chi connectivity index (χ0n) is 25.6. The second-order valence-corrected chi connectivity index (χ2v) is 11.7. The van der Waals surface area contributed by atoms with Gasteiger partial charge in [0.05, 0.1) is 22.5 Å². The number of thiocarbonyl (C=S) groups is 1. The SMILES string of the molecule is I.I.[B]C(C)(C)N(C)C(=O)c1c(C(C)C)nn(C)c1C.[B]C(C)(C)N(C)C(=S)c1c(C(C)C)nn(C)c1C. The molecule has 0 aliphatic heterocycles. The van der Waals surface area contributed by atoms with Crippen molar-refractivity contribution in [2.45, 2.75) is 91.9 Å². The van der Waals surface area contributed by atoms with E-state index in [1.807, 2.05) is 86.1 Å². The lowest BCUT2D eigenvalue weighted by molar-refractivity contribution is 0.0720. The molecule has 2 aromatic rings. The molecule has 1 amide bonds. The first-order chi connectivity index (χ1) is 16.1. The predicted octanol–water partition coefficient (Wildman–Crippen LogP) is 5.43. The highest BCUT2D eigenvalue weighted by Gasteiger charge is 2.29. The minimum absolute atomic E-state index is 0. The van der Waals surface area contributed by atoms with E-state index in [1.165, 1.54) is 0 Å². The van der Waals surface area contributed by atoms with Gasteiger partial charge < -0.3 is 9.80 Å². The van der Waals surface area contributed by atoms with Gasteiger partial charge in [-0.2, -0.15) is 10.2 Å². The Morgan fingerprint density at radius 2 is 1.11 bits per heavy atom. The first-order valence-corrected chi connectivity index (χ1v) is 12.8. The van der Waals surface area contributed by atoms with Crippen LogP contribution >= 0.6 is 60.2 Å². The molecule has 4 radical (unpaired) electrons. The number of amides is 1. The van der Waals surface area contributed by atoms with Crippen molar-refractivity contribution in [1.82, 2.24) is 29.4 Å². The number of halogens is 2. The van der Waals surface area contributed by atoms with Crippen LogP contribution in [0.3, 0.4) is 0 Å². The molecule has 0 saturated carbocycles. The second kappa shape index (κ2) is 14.8. The summed E-state index contributed by atoms with van der Waals surface area (Å²) in [5.41, 5.74) is 4.38. The van der Waals surface area contributed by atoms with E-state index in [0.717, 1.165) is 33.3 Å². The lowest BCUT2D eigenvalue weighted by Crippen LogP contribution is -2.45. The Morgan fingerprint density at radius 3 is 1.42 bits per heavy atom. The van der Waals surface area contributed by atoms with E-state index in [9.17, 15) is 4.79 Å². The molecule has 0 spiro atoms. The van der Waals surface area contributed by atoms with Crippen molar-refractivity contribution >= 4 is 86.8 Å². The number of rotatable bonds is 6. The average Bonchev–Trinajstić information content (AvgIpc) is 3.21. The first-order valence-electron chi connectivity index (χ1n) is 12.4. The summed E-state index contributed by atoms with van der Waals surface area (Å²) >= 11 is 5.59. The highest BCUT2D eigenvalue weighted by Crippen LogP contribution is 2.26. The van der Waals surface area contributed by atoms with Crippen LogP contribution in [0.2, 0.25) is 0 Å². The smallest absolute Gasteiger partial charge is 0.257 e. The normalized spacial score (nSPS) is 11.4. The van der Waals surface area contributed by atoms with E-state index in [1.54, 1.807) is 16.6 Å². The number of aryl methyl sites for hydroxylation is 2. The van der Waals surface area contributed by atoms with Crippen LogP contribution in [0.25, 0.3) is 0 Å². The van der Waals surface area contributed by atoms with Gasteiger partial charge in [0.2, 0.25) is 0 Å². The van der Waals surface area contributed by atoms with Gasteiger partial charge in [0.15, 0.2) is 0 Å². The summed E-state index contributed by atoms with van der Waals surface area (Å²) in [5.74, 6) is 0.474. The van der Waals surface area contributed by atoms with Crippen molar-refractivity contribution in [3.8, 4) is 0 Å². The van der Waals surface area contributed by atoms with E-state index in [4.69, 9.17) is 27.9 Å². The fourth-order valence-corrected chi connectivity index (χ4v) is 3.95. The minimum Gasteiger partial charge on any atom is -0.369 e. The third kappa shape index (κ3) is 9.21. The van der Waals surface area contributed by atoms with Crippen molar-refractivity contribution in [2.24, 2.45) is 14.1 Å². The molecule has 0 fully saturated rings. The molecule has 38 heavy (non-hydrogen) atoms. The van der Waals surface area contributed by atoms with Gasteiger partial charge in [0, 0.05) is 39.6 Å². The van der Waals surface area contributed by atoms with E-state index < -0.39 is 10.9 Å². The van der Waals surface area contributed by atoms with Gasteiger partial charge in [-0.1, -0.05) is 67.6 Å². The molecule has 2 rings (SSSR count). The first kappa shape index (κ1) is 39.5. The molecule has 0 unspecified atom stereocenters. The molecule has 0 aliphatic rings. The number of carbonyl (C=O) groups is 1. The van der Waals surface area contributed by atoms with Gasteiger partial charge in [-0.05, 0) is 36.6 Å². The van der Waals surface area contributed by atoms with Gasteiger partial charge in [0.1, 0.15) is 20.7 Å². The van der Waals surface area contributed by atoms with E-state index in [2.05, 4.69) is 24.0 Å². The average molecular weight is 766 g/mol. The summed E-state index contributed by atoms with van der Waals surface area (Å²) in [6.45, 7) is 19.8. The van der Waals surface area contributed by atoms with Gasteiger partial charge in [-0.3, -0.25) is 14.2 Å². The van der Waals surface area contributed by atoms with Crippen LogP contribution in [0.1, 0.15) is 106 Å². The third-order valence-electron chi connectivity index (χ3n) is 6.58. The van der Waals surface area contributed by atoms with Crippen molar-refractivity contribution in [3.05, 3.63) is 33.9 Å². The van der Waals surface area contributed by atoms with Crippen molar-refractivity contribution < 1.29 is 4.79 Å². The van der Waals surface area contributed by atoms with Crippen molar-refractivity contribution in [1.29, 1.82) is 0 Å². The number of carbonyl (C=O) groups excluding carboxylic acids is 1. The fourth-order valence-electron chi connectivity index (χ4n) is 3.46. The molecule has 7 nitrogen and oxygen atoms in total. The van der Waals surface area contributed by atoms with Crippen LogP contribution in [-0.4, -0.2) is 80.9 Å². The topological polar surface area (TPSA) is 59.2 Å². The van der Waals surface area contributed by atoms with E-state index >= 15 is 0 Å². The molecule has 0 saturated heterocycles. The molecule has 12 heteroatoms. The lowest BCUT2D eigenvalue weighted by atomic mass is 9.80. The Balaban J connectivity index is 0. The van der Waals surface area contributed by atoms with Crippen LogP contribution in [0, 0.1) is 13.8 Å². The Hall–Kier alpha value is -0.630. The molecule has 0 aliphatic carbocycles. The number of hydrogen-bond donors (Lipinski definition) is 0. The molecule has 2 aromatic heterocycles. The van der Waals surface area contributed by atoms with Crippen LogP contribution in [0.4, 0.5) is 0 Å². The van der Waals surface area contributed by atoms with Gasteiger partial charge in [-0.15, -0.1) is 48.0 Å². The maximum absolute atomic E-state index is 12.5. The van der Waals surface area contributed by atoms with Gasteiger partial charge in [0.25, 0.3) is 5.91 Å². The summed E-state index contributed by atoms with van der Waals surface area (Å²) < 4.78 is 3.63. The van der Waals surface area contributed by atoms with E-state index in [0.29, 0.717) is 11.5 Å². The van der Waals surface area contributed by atoms with Crippen molar-refractivity contribution in [3.63, 3.8) is 0 Å². The minimum atomic E-state index is -0.687. The summed E-state index contributed by atoms with van der Waals surface area (Å²) in [4.78, 5) is 16.8. The zero-order valence-corrected chi connectivity index (χ0v) is 31.1. The van der Waals surface area contributed by atoms with Crippen LogP contribution in [-0.2, 0) is 14.1 Å². The zero-order chi connectivity index (χ0) is 28.5. The quantitative estimate of drug-likeness (QED) is 0.223. The molecule has 212 valence electrons. The number of nitrogens with zero attached hydrogens (tertiary/aromatic N) is 6. The van der Waals surface area contributed by atoms with Crippen LogP contribution < -0.4 is 0 Å². The molecule has 0 aromatic carbocycles. The highest BCUT2D eigenvalue weighted by atomic mass is 127. The molecule has 0 bridgehead atoms. The number of aromatic nitrogens is 4. The maximum Gasteiger partial charge on any atom is 0.257 e. The summed E-state index contributed by atoms with van der Waals surface area (Å²) in [7, 11) is 19.5. The molecular weight excluding hydrogens is 720 g/mol. The summed E-state index contributed by atoms with van der Waals surface area (Å²) in [6.07, 6.45) is 0. The second-order valence-electron chi connectivity index (χ2n) is 11.3. The standard InChI is InChI=1S/C13H22BN3O.C13H22BN3S.2HI/c2*1-8(2)11-10(9(3)17(7)15-11)12(18)16(6)13(4,5)14;;/h2*8H,1-7H3;2*1H. The Morgan fingerprint density at radius 1 is 0.789 bits per heavy atom. The Labute approximate surface area is 273 Å². The van der Waals surface area contributed by atoms with Crippen LogP contribution in [0.5, 0.6) is 0 Å². The van der Waals surface area contributed by atoms with E-state index in [-0.39, 0.29) is 59.8 Å². The molecule has 2 heterocycles. The molecule has 0 atom stereocenters. The predicted molar refractivity (Wildman–Crippen MR) is 186 cm³/mol. The summed E-state index contributed by atoms with van der Waals surface area (Å²) in [5, 5.41) is 8.98. The lowest BCUT2D eigenvalue weighted by Gasteiger charge is -2.35. The molecule has 0 N–H and O–H groups in total. The monoisotopic (exact) mass is 766 g/mol. The van der Waals surface area contributed by atoms with Gasteiger partial charge in [-0.25, -0.2) is 0 Å². The van der Waals surface area contributed by atoms with Gasteiger partial charge >= 0.3 is 0 Å². The number of hydrogen-bond acceptors (Lipinski definition) is 4. The molecular formula is C26H46B2I2N6OS. The van der Waals surface area contributed by atoms with Crippen molar-refractivity contribution in [2.75, 3.05) is 14.1 Å². The fraction of sp³-hybridized carbons (Fsp3) is 0.692.